The molecule has 0 aromatic carbocycles. The average molecular weight is 272 g/mol. The molecule has 0 aromatic rings. The molecule has 19 heavy (non-hydrogen) atoms. The minimum atomic E-state index is -0.158. The van der Waals surface area contributed by atoms with Crippen molar-refractivity contribution < 1.29 is 14.6 Å². The summed E-state index contributed by atoms with van der Waals surface area (Å²) < 4.78 is 5.62. The van der Waals surface area contributed by atoms with E-state index in [2.05, 4.69) is 17.6 Å². The van der Waals surface area contributed by atoms with Crippen LogP contribution in [0.3, 0.4) is 0 Å². The zero-order valence-corrected chi connectivity index (χ0v) is 12.3. The van der Waals surface area contributed by atoms with Gasteiger partial charge in [-0.3, -0.25) is 0 Å². The minimum Gasteiger partial charge on any atom is -0.396 e. The van der Waals surface area contributed by atoms with Crippen LogP contribution >= 0.6 is 0 Å². The summed E-state index contributed by atoms with van der Waals surface area (Å²) in [6.07, 6.45) is 3.69. The zero-order valence-electron chi connectivity index (χ0n) is 12.3. The van der Waals surface area contributed by atoms with Crippen molar-refractivity contribution in [1.82, 2.24) is 10.6 Å². The molecule has 3 unspecified atom stereocenters. The number of rotatable bonds is 7. The quantitative estimate of drug-likeness (QED) is 0.660. The second kappa shape index (κ2) is 8.38. The number of carbonyl (C=O) groups is 1. The van der Waals surface area contributed by atoms with Gasteiger partial charge in [-0.15, -0.1) is 0 Å². The monoisotopic (exact) mass is 272 g/mol. The van der Waals surface area contributed by atoms with Gasteiger partial charge in [0.15, 0.2) is 0 Å². The number of carbonyl (C=O) groups excluding carboxylic acids is 1. The number of hydrogen-bond acceptors (Lipinski definition) is 3. The second-order valence-corrected chi connectivity index (χ2v) is 5.55. The van der Waals surface area contributed by atoms with Crippen LogP contribution in [0.1, 0.15) is 46.5 Å². The van der Waals surface area contributed by atoms with E-state index in [1.54, 1.807) is 0 Å². The Bertz CT molecular complexity index is 265. The predicted molar refractivity (Wildman–Crippen MR) is 75.0 cm³/mol. The number of urea groups is 1. The second-order valence-electron chi connectivity index (χ2n) is 5.55. The van der Waals surface area contributed by atoms with Gasteiger partial charge in [0, 0.05) is 19.3 Å². The van der Waals surface area contributed by atoms with Crippen molar-refractivity contribution in [3.63, 3.8) is 0 Å². The van der Waals surface area contributed by atoms with Crippen LogP contribution in [0.25, 0.3) is 0 Å². The van der Waals surface area contributed by atoms with E-state index >= 15 is 0 Å². The largest absolute Gasteiger partial charge is 0.396 e. The van der Waals surface area contributed by atoms with Crippen molar-refractivity contribution in [2.45, 2.75) is 64.6 Å². The molecule has 1 fully saturated rings. The first-order chi connectivity index (χ1) is 9.08. The SMILES string of the molecule is CCC(NC(=O)NC(CCO)C(C)C)C1CCCO1. The highest BCUT2D eigenvalue weighted by Gasteiger charge is 2.26. The van der Waals surface area contributed by atoms with Gasteiger partial charge in [0.25, 0.3) is 0 Å². The molecule has 0 spiro atoms. The molecule has 112 valence electrons. The molecule has 5 nitrogen and oxygen atoms in total. The molecular weight excluding hydrogens is 244 g/mol. The third-order valence-electron chi connectivity index (χ3n) is 3.73. The normalized spacial score (nSPS) is 22.3. The van der Waals surface area contributed by atoms with Crippen LogP contribution in [-0.2, 0) is 4.74 Å². The molecule has 1 heterocycles. The van der Waals surface area contributed by atoms with Crippen LogP contribution in [0, 0.1) is 5.92 Å². The van der Waals surface area contributed by atoms with Crippen molar-refractivity contribution in [2.24, 2.45) is 5.92 Å². The maximum Gasteiger partial charge on any atom is 0.315 e. The fourth-order valence-corrected chi connectivity index (χ4v) is 2.47. The lowest BCUT2D eigenvalue weighted by atomic mass is 10.0. The summed E-state index contributed by atoms with van der Waals surface area (Å²) in [4.78, 5) is 12.0. The summed E-state index contributed by atoms with van der Waals surface area (Å²) in [7, 11) is 0. The maximum absolute atomic E-state index is 12.0. The number of aliphatic hydroxyl groups is 1. The molecule has 1 rings (SSSR count). The summed E-state index contributed by atoms with van der Waals surface area (Å²) in [5.41, 5.74) is 0. The van der Waals surface area contributed by atoms with E-state index in [0.29, 0.717) is 12.3 Å². The third-order valence-corrected chi connectivity index (χ3v) is 3.73. The van der Waals surface area contributed by atoms with Crippen LogP contribution in [-0.4, -0.2) is 42.5 Å². The van der Waals surface area contributed by atoms with E-state index in [1.165, 1.54) is 0 Å². The van der Waals surface area contributed by atoms with E-state index in [9.17, 15) is 4.79 Å². The molecule has 3 N–H and O–H groups in total. The van der Waals surface area contributed by atoms with Crippen LogP contribution in [0.5, 0.6) is 0 Å². The molecule has 5 heteroatoms. The standard InChI is InChI=1S/C14H28N2O3/c1-4-11(13-6-5-9-19-13)15-14(18)16-12(7-8-17)10(2)3/h10-13,17H,4-9H2,1-3H3,(H2,15,16,18). The van der Waals surface area contributed by atoms with E-state index < -0.39 is 0 Å². The smallest absolute Gasteiger partial charge is 0.315 e. The Labute approximate surface area is 116 Å². The maximum atomic E-state index is 12.0. The van der Waals surface area contributed by atoms with Gasteiger partial charge >= 0.3 is 6.03 Å². The van der Waals surface area contributed by atoms with Crippen LogP contribution < -0.4 is 10.6 Å². The Kier molecular flexibility index (Phi) is 7.16. The number of nitrogens with one attached hydrogen (secondary N) is 2. The van der Waals surface area contributed by atoms with E-state index in [4.69, 9.17) is 9.84 Å². The predicted octanol–water partition coefficient (Wildman–Crippen LogP) is 1.65. The highest BCUT2D eigenvalue weighted by Crippen LogP contribution is 2.17. The number of hydrogen-bond donors (Lipinski definition) is 3. The molecule has 0 radical (unpaired) electrons. The first kappa shape index (κ1) is 16.2. The molecule has 0 bridgehead atoms. The van der Waals surface area contributed by atoms with E-state index in [0.717, 1.165) is 25.9 Å². The molecule has 0 saturated carbocycles. The molecule has 2 amide bonds. The van der Waals surface area contributed by atoms with Gasteiger partial charge in [0.2, 0.25) is 0 Å². The van der Waals surface area contributed by atoms with Crippen LogP contribution in [0.15, 0.2) is 0 Å². The summed E-state index contributed by atoms with van der Waals surface area (Å²) in [6, 6.07) is -0.0778. The summed E-state index contributed by atoms with van der Waals surface area (Å²) in [5, 5.41) is 14.9. The molecule has 0 aromatic heterocycles. The first-order valence-electron chi connectivity index (χ1n) is 7.38. The first-order valence-corrected chi connectivity index (χ1v) is 7.38. The van der Waals surface area contributed by atoms with Crippen molar-refractivity contribution in [1.29, 1.82) is 0 Å². The third kappa shape index (κ3) is 5.37. The minimum absolute atomic E-state index is 0.00648. The van der Waals surface area contributed by atoms with Gasteiger partial charge in [-0.2, -0.15) is 0 Å². The van der Waals surface area contributed by atoms with Crippen LogP contribution in [0.2, 0.25) is 0 Å². The average Bonchev–Trinajstić information content (AvgIpc) is 2.89. The molecule has 3 atom stereocenters. The van der Waals surface area contributed by atoms with Gasteiger partial charge in [0.05, 0.1) is 12.1 Å². The molecule has 1 saturated heterocycles. The summed E-state index contributed by atoms with van der Waals surface area (Å²) in [6.45, 7) is 7.02. The van der Waals surface area contributed by atoms with Gasteiger partial charge in [-0.05, 0) is 31.6 Å². The topological polar surface area (TPSA) is 70.6 Å². The zero-order chi connectivity index (χ0) is 14.3. The van der Waals surface area contributed by atoms with E-state index in [-0.39, 0.29) is 30.8 Å². The van der Waals surface area contributed by atoms with Gasteiger partial charge < -0.3 is 20.5 Å². The Hall–Kier alpha value is -0.810. The Morgan fingerprint density at radius 1 is 1.42 bits per heavy atom. The number of aliphatic hydroxyl groups excluding tert-OH is 1. The van der Waals surface area contributed by atoms with Crippen molar-refractivity contribution in [3.8, 4) is 0 Å². The lowest BCUT2D eigenvalue weighted by Crippen LogP contribution is -2.51. The molecule has 1 aliphatic heterocycles. The van der Waals surface area contributed by atoms with Crippen LogP contribution in [0.4, 0.5) is 4.79 Å². The van der Waals surface area contributed by atoms with Gasteiger partial charge in [0.1, 0.15) is 0 Å². The van der Waals surface area contributed by atoms with Crippen molar-refractivity contribution >= 4 is 6.03 Å². The molecule has 0 aliphatic carbocycles. The number of ether oxygens (including phenoxy) is 1. The van der Waals surface area contributed by atoms with Gasteiger partial charge in [-0.1, -0.05) is 20.8 Å². The summed E-state index contributed by atoms with van der Waals surface area (Å²) in [5.74, 6) is 0.306. The highest BCUT2D eigenvalue weighted by atomic mass is 16.5. The number of amides is 2. The Balaban J connectivity index is 2.42. The Morgan fingerprint density at radius 3 is 2.63 bits per heavy atom. The fourth-order valence-electron chi connectivity index (χ4n) is 2.47. The van der Waals surface area contributed by atoms with Crippen molar-refractivity contribution in [2.75, 3.05) is 13.2 Å². The lowest BCUT2D eigenvalue weighted by molar-refractivity contribution is 0.0792. The Morgan fingerprint density at radius 2 is 2.16 bits per heavy atom. The van der Waals surface area contributed by atoms with E-state index in [1.807, 2.05) is 13.8 Å². The molecule has 1 aliphatic rings. The lowest BCUT2D eigenvalue weighted by Gasteiger charge is -2.26. The van der Waals surface area contributed by atoms with Gasteiger partial charge in [-0.25, -0.2) is 4.79 Å². The fraction of sp³-hybridized carbons (Fsp3) is 0.929. The molecular formula is C14H28N2O3. The summed E-state index contributed by atoms with van der Waals surface area (Å²) >= 11 is 0. The van der Waals surface area contributed by atoms with Crippen molar-refractivity contribution in [3.05, 3.63) is 0 Å². The highest BCUT2D eigenvalue weighted by molar-refractivity contribution is 5.74.